The highest BCUT2D eigenvalue weighted by atomic mass is 19.1. The van der Waals surface area contributed by atoms with Gasteiger partial charge in [-0.15, -0.1) is 0 Å². The molecule has 1 N–H and O–H groups in total. The Kier molecular flexibility index (Phi) is 3.93. The van der Waals surface area contributed by atoms with Crippen molar-refractivity contribution in [3.63, 3.8) is 0 Å². The van der Waals surface area contributed by atoms with E-state index in [1.54, 1.807) is 6.08 Å². The van der Waals surface area contributed by atoms with Gasteiger partial charge in [0.25, 0.3) is 0 Å². The highest BCUT2D eigenvalue weighted by Crippen LogP contribution is 2.25. The van der Waals surface area contributed by atoms with E-state index in [4.69, 9.17) is 5.11 Å². The van der Waals surface area contributed by atoms with Crippen LogP contribution in [0.5, 0.6) is 0 Å². The van der Waals surface area contributed by atoms with Crippen LogP contribution in [0.2, 0.25) is 0 Å². The van der Waals surface area contributed by atoms with E-state index in [1.807, 2.05) is 0 Å². The SMILES string of the molecule is O=C(O)C(=CC1CCCCC1)CF. The molecule has 0 saturated heterocycles. The lowest BCUT2D eigenvalue weighted by atomic mass is 9.88. The fourth-order valence-corrected chi connectivity index (χ4v) is 1.76. The second kappa shape index (κ2) is 5.00. The Balaban J connectivity index is 2.54. The van der Waals surface area contributed by atoms with Crippen LogP contribution in [-0.2, 0) is 4.79 Å². The topological polar surface area (TPSA) is 37.3 Å². The summed E-state index contributed by atoms with van der Waals surface area (Å²) in [6.45, 7) is -0.855. The van der Waals surface area contributed by atoms with E-state index in [0.717, 1.165) is 25.7 Å². The first-order valence-corrected chi connectivity index (χ1v) is 4.74. The maximum atomic E-state index is 12.2. The Morgan fingerprint density at radius 2 is 2.00 bits per heavy atom. The van der Waals surface area contributed by atoms with E-state index in [9.17, 15) is 9.18 Å². The number of carbonyl (C=O) groups is 1. The van der Waals surface area contributed by atoms with Crippen molar-refractivity contribution >= 4 is 5.97 Å². The van der Waals surface area contributed by atoms with Crippen LogP contribution < -0.4 is 0 Å². The van der Waals surface area contributed by atoms with Gasteiger partial charge in [0.05, 0.1) is 5.57 Å². The minimum Gasteiger partial charge on any atom is -0.478 e. The van der Waals surface area contributed by atoms with Crippen molar-refractivity contribution in [2.24, 2.45) is 5.92 Å². The molecule has 0 atom stereocenters. The Morgan fingerprint density at radius 3 is 2.46 bits per heavy atom. The minimum absolute atomic E-state index is 0.0769. The number of allylic oxidation sites excluding steroid dienone is 1. The summed E-state index contributed by atoms with van der Waals surface area (Å²) in [5.41, 5.74) is -0.0769. The molecule has 1 aliphatic rings. The number of aliphatic carboxylic acids is 1. The van der Waals surface area contributed by atoms with Gasteiger partial charge in [-0.05, 0) is 18.8 Å². The van der Waals surface area contributed by atoms with E-state index in [0.29, 0.717) is 0 Å². The highest BCUT2D eigenvalue weighted by molar-refractivity contribution is 5.86. The molecule has 0 heterocycles. The lowest BCUT2D eigenvalue weighted by Crippen LogP contribution is -2.09. The quantitative estimate of drug-likeness (QED) is 0.688. The summed E-state index contributed by atoms with van der Waals surface area (Å²) in [5, 5.41) is 8.60. The molecule has 2 nitrogen and oxygen atoms in total. The first-order valence-electron chi connectivity index (χ1n) is 4.74. The van der Waals surface area contributed by atoms with Gasteiger partial charge in [0.15, 0.2) is 0 Å². The zero-order valence-electron chi connectivity index (χ0n) is 7.63. The van der Waals surface area contributed by atoms with Gasteiger partial charge in [0.1, 0.15) is 6.67 Å². The maximum Gasteiger partial charge on any atom is 0.333 e. The molecule has 0 radical (unpaired) electrons. The van der Waals surface area contributed by atoms with Gasteiger partial charge < -0.3 is 5.11 Å². The van der Waals surface area contributed by atoms with Gasteiger partial charge >= 0.3 is 5.97 Å². The normalized spacial score (nSPS) is 20.2. The molecular weight excluding hydrogens is 171 g/mol. The summed E-state index contributed by atoms with van der Waals surface area (Å²) in [4.78, 5) is 10.5. The van der Waals surface area contributed by atoms with E-state index >= 15 is 0 Å². The zero-order valence-corrected chi connectivity index (χ0v) is 7.63. The Labute approximate surface area is 77.4 Å². The van der Waals surface area contributed by atoms with Crippen LogP contribution in [-0.4, -0.2) is 17.8 Å². The van der Waals surface area contributed by atoms with Crippen molar-refractivity contribution in [2.45, 2.75) is 32.1 Å². The maximum absolute atomic E-state index is 12.2. The standard InChI is InChI=1S/C10H15FO2/c11-7-9(10(12)13)6-8-4-2-1-3-5-8/h6,8H,1-5,7H2,(H,12,13). The molecule has 0 amide bonds. The van der Waals surface area contributed by atoms with Crippen molar-refractivity contribution < 1.29 is 14.3 Å². The number of halogens is 1. The number of hydrogen-bond acceptors (Lipinski definition) is 1. The van der Waals surface area contributed by atoms with Crippen molar-refractivity contribution in [2.75, 3.05) is 6.67 Å². The molecule has 0 aromatic carbocycles. The van der Waals surface area contributed by atoms with Crippen molar-refractivity contribution in [3.8, 4) is 0 Å². The molecule has 3 heteroatoms. The van der Waals surface area contributed by atoms with E-state index in [1.165, 1.54) is 6.42 Å². The first kappa shape index (κ1) is 10.2. The summed E-state index contributed by atoms with van der Waals surface area (Å²) >= 11 is 0. The Bertz CT molecular complexity index is 205. The summed E-state index contributed by atoms with van der Waals surface area (Å²) in [6, 6.07) is 0. The molecule has 0 aromatic heterocycles. The number of alkyl halides is 1. The van der Waals surface area contributed by atoms with Crippen LogP contribution in [0.25, 0.3) is 0 Å². The smallest absolute Gasteiger partial charge is 0.333 e. The third kappa shape index (κ3) is 3.17. The molecule has 74 valence electrons. The van der Waals surface area contributed by atoms with E-state index in [2.05, 4.69) is 0 Å². The number of carboxylic acid groups (broad SMARTS) is 1. The molecule has 13 heavy (non-hydrogen) atoms. The average Bonchev–Trinajstić information content (AvgIpc) is 2.15. The molecule has 0 aromatic rings. The van der Waals surface area contributed by atoms with Gasteiger partial charge in [0.2, 0.25) is 0 Å². The average molecular weight is 186 g/mol. The first-order chi connectivity index (χ1) is 6.24. The summed E-state index contributed by atoms with van der Waals surface area (Å²) in [5.74, 6) is -0.830. The number of hydrogen-bond donors (Lipinski definition) is 1. The van der Waals surface area contributed by atoms with E-state index < -0.39 is 12.6 Å². The second-order valence-electron chi connectivity index (χ2n) is 3.53. The fourth-order valence-electron chi connectivity index (χ4n) is 1.76. The summed E-state index contributed by atoms with van der Waals surface area (Å²) < 4.78 is 12.2. The fraction of sp³-hybridized carbons (Fsp3) is 0.700. The third-order valence-corrected chi connectivity index (χ3v) is 2.51. The summed E-state index contributed by atoms with van der Waals surface area (Å²) in [6.07, 6.45) is 7.12. The molecule has 1 saturated carbocycles. The molecule has 0 spiro atoms. The van der Waals surface area contributed by atoms with Gasteiger partial charge in [-0.25, -0.2) is 9.18 Å². The zero-order chi connectivity index (χ0) is 9.68. The van der Waals surface area contributed by atoms with Crippen LogP contribution >= 0.6 is 0 Å². The van der Waals surface area contributed by atoms with Crippen LogP contribution in [0.15, 0.2) is 11.6 Å². The number of rotatable bonds is 3. The van der Waals surface area contributed by atoms with Crippen molar-refractivity contribution in [3.05, 3.63) is 11.6 Å². The minimum atomic E-state index is -1.12. The van der Waals surface area contributed by atoms with Crippen LogP contribution in [0.3, 0.4) is 0 Å². The van der Waals surface area contributed by atoms with Gasteiger partial charge in [-0.1, -0.05) is 25.3 Å². The molecule has 0 aliphatic heterocycles. The van der Waals surface area contributed by atoms with Gasteiger partial charge in [-0.2, -0.15) is 0 Å². The molecular formula is C10H15FO2. The molecule has 1 rings (SSSR count). The third-order valence-electron chi connectivity index (χ3n) is 2.51. The van der Waals surface area contributed by atoms with Crippen LogP contribution in [0.4, 0.5) is 4.39 Å². The summed E-state index contributed by atoms with van der Waals surface area (Å²) in [7, 11) is 0. The Morgan fingerprint density at radius 1 is 1.38 bits per heavy atom. The predicted octanol–water partition coefficient (Wildman–Crippen LogP) is 2.55. The van der Waals surface area contributed by atoms with Crippen molar-refractivity contribution in [1.82, 2.24) is 0 Å². The molecule has 0 unspecified atom stereocenters. The molecule has 1 aliphatic carbocycles. The molecule has 1 fully saturated rings. The highest BCUT2D eigenvalue weighted by Gasteiger charge is 2.14. The van der Waals surface area contributed by atoms with Crippen LogP contribution in [0, 0.1) is 5.92 Å². The largest absolute Gasteiger partial charge is 0.478 e. The van der Waals surface area contributed by atoms with Crippen molar-refractivity contribution in [1.29, 1.82) is 0 Å². The lowest BCUT2D eigenvalue weighted by Gasteiger charge is -2.18. The van der Waals surface area contributed by atoms with Gasteiger partial charge in [0, 0.05) is 0 Å². The lowest BCUT2D eigenvalue weighted by molar-refractivity contribution is -0.132. The van der Waals surface area contributed by atoms with E-state index in [-0.39, 0.29) is 11.5 Å². The predicted molar refractivity (Wildman–Crippen MR) is 48.3 cm³/mol. The number of carboxylic acids is 1. The monoisotopic (exact) mass is 186 g/mol. The van der Waals surface area contributed by atoms with Gasteiger partial charge in [-0.3, -0.25) is 0 Å². The second-order valence-corrected chi connectivity index (χ2v) is 3.53. The Hall–Kier alpha value is -0.860. The molecule has 0 bridgehead atoms. The van der Waals surface area contributed by atoms with Crippen LogP contribution in [0.1, 0.15) is 32.1 Å².